The first-order valence-corrected chi connectivity index (χ1v) is 4.15. The van der Waals surface area contributed by atoms with Gasteiger partial charge in [-0.15, -0.1) is 0 Å². The van der Waals surface area contributed by atoms with Gasteiger partial charge in [0.25, 0.3) is 0 Å². The summed E-state index contributed by atoms with van der Waals surface area (Å²) in [6.07, 6.45) is 3.54. The first-order chi connectivity index (χ1) is 4.72. The maximum atomic E-state index is 2.52. The Morgan fingerprint density at radius 2 is 1.80 bits per heavy atom. The van der Waals surface area contributed by atoms with E-state index in [1.807, 2.05) is 0 Å². The Balaban J connectivity index is 2.21. The van der Waals surface area contributed by atoms with Gasteiger partial charge in [-0.25, -0.2) is 0 Å². The van der Waals surface area contributed by atoms with Crippen molar-refractivity contribution in [2.24, 2.45) is 0 Å². The molecule has 0 unspecified atom stereocenters. The minimum Gasteiger partial charge on any atom is -0.287 e. The summed E-state index contributed by atoms with van der Waals surface area (Å²) in [4.78, 5) is 5.01. The number of nitrogens with zero attached hydrogens (tertiary/aromatic N) is 2. The van der Waals surface area contributed by atoms with Crippen LogP contribution in [0, 0.1) is 0 Å². The third kappa shape index (κ3) is 0.611. The topological polar surface area (TPSA) is 6.48 Å². The second-order valence-electron chi connectivity index (χ2n) is 3.70. The van der Waals surface area contributed by atoms with Crippen LogP contribution in [0.4, 0.5) is 0 Å². The molecule has 0 N–H and O–H groups in total. The van der Waals surface area contributed by atoms with Crippen molar-refractivity contribution in [1.29, 1.82) is 0 Å². The zero-order valence-corrected chi connectivity index (χ0v) is 7.04. The molecule has 3 atom stereocenters. The van der Waals surface area contributed by atoms with E-state index in [4.69, 9.17) is 0 Å². The van der Waals surface area contributed by atoms with E-state index in [2.05, 4.69) is 30.8 Å². The van der Waals surface area contributed by atoms with E-state index in [1.165, 1.54) is 12.8 Å². The number of hydrogen-bond acceptors (Lipinski definition) is 2. The van der Waals surface area contributed by atoms with Gasteiger partial charge >= 0.3 is 0 Å². The van der Waals surface area contributed by atoms with Crippen LogP contribution in [-0.2, 0) is 0 Å². The van der Waals surface area contributed by atoms with Crippen LogP contribution in [0.2, 0.25) is 0 Å². The number of likely N-dealkylation sites (N-methyl/N-ethyl adjacent to an activating group) is 2. The normalized spacial score (nSPS) is 48.9. The van der Waals surface area contributed by atoms with Gasteiger partial charge in [-0.05, 0) is 33.9 Å². The molecule has 2 saturated heterocycles. The Kier molecular flexibility index (Phi) is 1.29. The molecule has 2 aliphatic heterocycles. The lowest BCUT2D eigenvalue weighted by Gasteiger charge is -2.26. The summed E-state index contributed by atoms with van der Waals surface area (Å²) >= 11 is 0. The minimum atomic E-state index is 0.750. The van der Waals surface area contributed by atoms with Crippen molar-refractivity contribution in [3.05, 3.63) is 0 Å². The van der Waals surface area contributed by atoms with Crippen LogP contribution < -0.4 is 0 Å². The highest BCUT2D eigenvalue weighted by Crippen LogP contribution is 2.35. The number of piperidine rings is 1. The van der Waals surface area contributed by atoms with Crippen molar-refractivity contribution in [2.45, 2.75) is 38.0 Å². The summed E-state index contributed by atoms with van der Waals surface area (Å²) < 4.78 is 0. The van der Waals surface area contributed by atoms with Crippen molar-refractivity contribution < 1.29 is 0 Å². The predicted molar refractivity (Wildman–Crippen MR) is 41.8 cm³/mol. The van der Waals surface area contributed by atoms with Gasteiger partial charge in [-0.1, -0.05) is 0 Å². The summed E-state index contributed by atoms with van der Waals surface area (Å²) in [7, 11) is 4.49. The van der Waals surface area contributed by atoms with Gasteiger partial charge in [-0.2, -0.15) is 0 Å². The lowest BCUT2D eigenvalue weighted by molar-refractivity contribution is 0.177. The molecule has 2 heterocycles. The first kappa shape index (κ1) is 6.62. The molecular weight excluding hydrogens is 124 g/mol. The lowest BCUT2D eigenvalue weighted by atomic mass is 10.0. The fraction of sp³-hybridized carbons (Fsp3) is 1.00. The van der Waals surface area contributed by atoms with Gasteiger partial charge in [0.1, 0.15) is 0 Å². The van der Waals surface area contributed by atoms with Crippen molar-refractivity contribution in [3.63, 3.8) is 0 Å². The largest absolute Gasteiger partial charge is 0.287 e. The van der Waals surface area contributed by atoms with Gasteiger partial charge in [0, 0.05) is 12.1 Å². The zero-order valence-electron chi connectivity index (χ0n) is 7.04. The smallest absolute Gasteiger partial charge is 0.0623 e. The maximum absolute atomic E-state index is 2.52. The first-order valence-electron chi connectivity index (χ1n) is 4.15. The van der Waals surface area contributed by atoms with Crippen LogP contribution in [0.15, 0.2) is 0 Å². The molecule has 0 aromatic carbocycles. The van der Waals surface area contributed by atoms with E-state index in [-0.39, 0.29) is 0 Å². The van der Waals surface area contributed by atoms with Crippen LogP contribution in [0.1, 0.15) is 19.8 Å². The van der Waals surface area contributed by atoms with Crippen molar-refractivity contribution in [3.8, 4) is 0 Å². The molecule has 0 amide bonds. The van der Waals surface area contributed by atoms with Gasteiger partial charge in [0.2, 0.25) is 0 Å². The molecule has 0 aromatic heterocycles. The van der Waals surface area contributed by atoms with E-state index in [1.54, 1.807) is 0 Å². The SMILES string of the molecule is C[C@@H]1[C@H]2CC[C@@H](N1C)N2C. The summed E-state index contributed by atoms with van der Waals surface area (Å²) in [5.41, 5.74) is 0. The minimum absolute atomic E-state index is 0.750. The van der Waals surface area contributed by atoms with E-state index in [0.29, 0.717) is 0 Å². The number of rotatable bonds is 0. The van der Waals surface area contributed by atoms with Crippen molar-refractivity contribution in [2.75, 3.05) is 14.1 Å². The van der Waals surface area contributed by atoms with Gasteiger partial charge in [-0.3, -0.25) is 9.80 Å². The number of hydrogen-bond donors (Lipinski definition) is 0. The second-order valence-corrected chi connectivity index (χ2v) is 3.70. The maximum Gasteiger partial charge on any atom is 0.0623 e. The lowest BCUT2D eigenvalue weighted by Crippen LogP contribution is -2.37. The van der Waals surface area contributed by atoms with Crippen molar-refractivity contribution in [1.82, 2.24) is 9.80 Å². The molecule has 2 rings (SSSR count). The summed E-state index contributed by atoms with van der Waals surface area (Å²) in [6.45, 7) is 2.33. The zero-order chi connectivity index (χ0) is 7.30. The monoisotopic (exact) mass is 140 g/mol. The van der Waals surface area contributed by atoms with E-state index in [9.17, 15) is 0 Å². The molecule has 2 nitrogen and oxygen atoms in total. The van der Waals surface area contributed by atoms with Crippen LogP contribution in [0.5, 0.6) is 0 Å². The Morgan fingerprint density at radius 1 is 1.10 bits per heavy atom. The molecule has 2 fully saturated rings. The van der Waals surface area contributed by atoms with E-state index >= 15 is 0 Å². The average Bonchev–Trinajstić information content (AvgIpc) is 2.34. The highest BCUT2D eigenvalue weighted by molar-refractivity contribution is 4.99. The molecule has 2 heteroatoms. The molecule has 58 valence electrons. The molecule has 2 aliphatic rings. The van der Waals surface area contributed by atoms with Crippen LogP contribution in [0.3, 0.4) is 0 Å². The third-order valence-corrected chi connectivity index (χ3v) is 3.38. The van der Waals surface area contributed by atoms with Crippen LogP contribution in [-0.4, -0.2) is 42.1 Å². The van der Waals surface area contributed by atoms with Gasteiger partial charge in [0.05, 0.1) is 6.17 Å². The fourth-order valence-electron chi connectivity index (χ4n) is 2.56. The van der Waals surface area contributed by atoms with Crippen LogP contribution >= 0.6 is 0 Å². The highest BCUT2D eigenvalue weighted by Gasteiger charge is 2.45. The Morgan fingerprint density at radius 3 is 2.10 bits per heavy atom. The highest BCUT2D eigenvalue weighted by atomic mass is 15.4. The molecule has 0 radical (unpaired) electrons. The Labute approximate surface area is 62.8 Å². The molecule has 10 heavy (non-hydrogen) atoms. The summed E-state index contributed by atoms with van der Waals surface area (Å²) in [5.74, 6) is 0. The Bertz CT molecular complexity index is 122. The quantitative estimate of drug-likeness (QED) is 0.489. The van der Waals surface area contributed by atoms with Gasteiger partial charge < -0.3 is 0 Å². The number of fused-ring (bicyclic) bond motifs is 2. The molecule has 0 saturated carbocycles. The van der Waals surface area contributed by atoms with Crippen molar-refractivity contribution >= 4 is 0 Å². The fourth-order valence-corrected chi connectivity index (χ4v) is 2.56. The molecule has 0 aromatic rings. The predicted octanol–water partition coefficient (Wildman–Crippen LogP) is 0.741. The molecule has 0 spiro atoms. The third-order valence-electron chi connectivity index (χ3n) is 3.38. The van der Waals surface area contributed by atoms with E-state index in [0.717, 1.165) is 18.2 Å². The molecular formula is C8H16N2. The summed E-state index contributed by atoms with van der Waals surface area (Å²) in [5, 5.41) is 0. The van der Waals surface area contributed by atoms with E-state index < -0.39 is 0 Å². The Hall–Kier alpha value is -0.0800. The number of likely N-dealkylation sites (tertiary alicyclic amines) is 1. The summed E-state index contributed by atoms with van der Waals surface area (Å²) in [6, 6.07) is 1.62. The average molecular weight is 140 g/mol. The van der Waals surface area contributed by atoms with Gasteiger partial charge in [0.15, 0.2) is 0 Å². The molecule has 0 aliphatic carbocycles. The second kappa shape index (κ2) is 1.95. The standard InChI is InChI=1S/C8H16N2/c1-6-7-4-5-8(9(6)2)10(7)3/h6-8H,4-5H2,1-3H3/t6-,7-,8+/m1/s1. The molecule has 2 bridgehead atoms. The van der Waals surface area contributed by atoms with Crippen LogP contribution in [0.25, 0.3) is 0 Å².